The zero-order chi connectivity index (χ0) is 21.0. The summed E-state index contributed by atoms with van der Waals surface area (Å²) >= 11 is 0. The highest BCUT2D eigenvalue weighted by molar-refractivity contribution is 5.94. The molecule has 5 rings (SSSR count). The van der Waals surface area contributed by atoms with Crippen LogP contribution in [-0.2, 0) is 4.74 Å². The summed E-state index contributed by atoms with van der Waals surface area (Å²) in [6, 6.07) is 11.4. The SMILES string of the molecule is O=C(NC1CCN(c2nccc(C3CCOCC3)n2)C1)c1ccc(-n2cccn2)cc1. The lowest BCUT2D eigenvalue weighted by molar-refractivity contribution is 0.0845. The van der Waals surface area contributed by atoms with Crippen LogP contribution in [0.3, 0.4) is 0 Å². The van der Waals surface area contributed by atoms with Crippen molar-refractivity contribution in [3.8, 4) is 5.69 Å². The second kappa shape index (κ2) is 8.85. The zero-order valence-corrected chi connectivity index (χ0v) is 17.4. The van der Waals surface area contributed by atoms with Crippen LogP contribution in [0, 0.1) is 0 Å². The molecule has 2 fully saturated rings. The molecule has 8 heteroatoms. The molecule has 0 aliphatic carbocycles. The molecule has 1 amide bonds. The van der Waals surface area contributed by atoms with Gasteiger partial charge in [0.2, 0.25) is 5.95 Å². The molecular formula is C23H26N6O2. The van der Waals surface area contributed by atoms with Gasteiger partial charge >= 0.3 is 0 Å². The first-order chi connectivity index (χ1) is 15.3. The van der Waals surface area contributed by atoms with Gasteiger partial charge in [0.1, 0.15) is 0 Å². The lowest BCUT2D eigenvalue weighted by Gasteiger charge is -2.23. The van der Waals surface area contributed by atoms with Gasteiger partial charge in [-0.3, -0.25) is 4.79 Å². The molecule has 2 aromatic heterocycles. The Hall–Kier alpha value is -3.26. The molecule has 0 spiro atoms. The molecule has 4 heterocycles. The third-order valence-electron chi connectivity index (χ3n) is 6.01. The molecule has 1 atom stereocenters. The van der Waals surface area contributed by atoms with Crippen molar-refractivity contribution in [2.75, 3.05) is 31.2 Å². The molecule has 31 heavy (non-hydrogen) atoms. The number of benzene rings is 1. The number of rotatable bonds is 5. The van der Waals surface area contributed by atoms with Crippen LogP contribution in [0.1, 0.15) is 41.2 Å². The van der Waals surface area contributed by atoms with Crippen molar-refractivity contribution in [1.82, 2.24) is 25.1 Å². The molecule has 1 N–H and O–H groups in total. The van der Waals surface area contributed by atoms with Gasteiger partial charge in [-0.05, 0) is 55.7 Å². The lowest BCUT2D eigenvalue weighted by Crippen LogP contribution is -2.37. The standard InChI is InChI=1S/C23H26N6O2/c30-22(18-2-4-20(5-3-18)29-12-1-10-25-29)26-19-7-13-28(16-19)23-24-11-6-21(27-23)17-8-14-31-15-9-17/h1-6,10-12,17,19H,7-9,13-16H2,(H,26,30). The number of hydrogen-bond donors (Lipinski definition) is 1. The average molecular weight is 419 g/mol. The number of hydrogen-bond acceptors (Lipinski definition) is 6. The van der Waals surface area contributed by atoms with E-state index in [4.69, 9.17) is 9.72 Å². The Balaban J connectivity index is 1.19. The Kier molecular flexibility index (Phi) is 5.62. The van der Waals surface area contributed by atoms with Crippen LogP contribution in [0.25, 0.3) is 5.69 Å². The van der Waals surface area contributed by atoms with E-state index in [1.807, 2.05) is 48.8 Å². The Labute approximate surface area is 181 Å². The number of aromatic nitrogens is 4. The predicted octanol–water partition coefficient (Wildman–Crippen LogP) is 2.57. The summed E-state index contributed by atoms with van der Waals surface area (Å²) in [4.78, 5) is 24.2. The number of amides is 1. The summed E-state index contributed by atoms with van der Waals surface area (Å²) in [7, 11) is 0. The van der Waals surface area contributed by atoms with Crippen LogP contribution in [0.4, 0.5) is 5.95 Å². The normalized spacial score (nSPS) is 19.5. The first kappa shape index (κ1) is 19.7. The molecule has 2 aliphatic heterocycles. The third kappa shape index (κ3) is 4.44. The van der Waals surface area contributed by atoms with Crippen molar-refractivity contribution in [3.05, 3.63) is 66.2 Å². The Morgan fingerprint density at radius 2 is 1.90 bits per heavy atom. The van der Waals surface area contributed by atoms with Gasteiger partial charge < -0.3 is 15.0 Å². The monoisotopic (exact) mass is 418 g/mol. The van der Waals surface area contributed by atoms with E-state index in [2.05, 4.69) is 20.3 Å². The minimum Gasteiger partial charge on any atom is -0.381 e. The number of nitrogens with zero attached hydrogens (tertiary/aromatic N) is 5. The molecule has 3 aromatic rings. The second-order valence-corrected chi connectivity index (χ2v) is 8.07. The second-order valence-electron chi connectivity index (χ2n) is 8.07. The van der Waals surface area contributed by atoms with E-state index in [-0.39, 0.29) is 11.9 Å². The fourth-order valence-corrected chi connectivity index (χ4v) is 4.25. The van der Waals surface area contributed by atoms with Crippen LogP contribution >= 0.6 is 0 Å². The highest BCUT2D eigenvalue weighted by atomic mass is 16.5. The van der Waals surface area contributed by atoms with Crippen LogP contribution in [0.2, 0.25) is 0 Å². The van der Waals surface area contributed by atoms with Crippen molar-refractivity contribution in [3.63, 3.8) is 0 Å². The maximum atomic E-state index is 12.7. The highest BCUT2D eigenvalue weighted by Crippen LogP contribution is 2.27. The van der Waals surface area contributed by atoms with Gasteiger partial charge in [-0.25, -0.2) is 14.6 Å². The van der Waals surface area contributed by atoms with Crippen LogP contribution in [-0.4, -0.2) is 58.0 Å². The highest BCUT2D eigenvalue weighted by Gasteiger charge is 2.27. The quantitative estimate of drug-likeness (QED) is 0.686. The first-order valence-electron chi connectivity index (χ1n) is 10.8. The molecule has 0 bridgehead atoms. The minimum atomic E-state index is -0.0595. The summed E-state index contributed by atoms with van der Waals surface area (Å²) in [5, 5.41) is 7.36. The van der Waals surface area contributed by atoms with Crippen molar-refractivity contribution >= 4 is 11.9 Å². The molecule has 8 nitrogen and oxygen atoms in total. The van der Waals surface area contributed by atoms with Crippen LogP contribution in [0.5, 0.6) is 0 Å². The Morgan fingerprint density at radius 1 is 1.06 bits per heavy atom. The molecule has 0 radical (unpaired) electrons. The van der Waals surface area contributed by atoms with E-state index >= 15 is 0 Å². The van der Waals surface area contributed by atoms with E-state index in [0.29, 0.717) is 18.0 Å². The van der Waals surface area contributed by atoms with Gasteiger partial charge in [0.05, 0.1) is 5.69 Å². The Bertz CT molecular complexity index is 1010. The van der Waals surface area contributed by atoms with Crippen molar-refractivity contribution in [2.24, 2.45) is 0 Å². The minimum absolute atomic E-state index is 0.0595. The molecular weight excluding hydrogens is 392 g/mol. The Morgan fingerprint density at radius 3 is 2.68 bits per heavy atom. The number of carbonyl (C=O) groups excluding carboxylic acids is 1. The number of ether oxygens (including phenoxy) is 1. The smallest absolute Gasteiger partial charge is 0.251 e. The lowest BCUT2D eigenvalue weighted by atomic mass is 9.96. The molecule has 0 saturated carbocycles. The van der Waals surface area contributed by atoms with E-state index in [0.717, 1.165) is 56.4 Å². The molecule has 1 unspecified atom stereocenters. The van der Waals surface area contributed by atoms with Gasteiger partial charge in [-0.2, -0.15) is 5.10 Å². The summed E-state index contributed by atoms with van der Waals surface area (Å²) in [5.74, 6) is 1.14. The summed E-state index contributed by atoms with van der Waals surface area (Å²) in [6.45, 7) is 3.14. The largest absolute Gasteiger partial charge is 0.381 e. The van der Waals surface area contributed by atoms with E-state index in [1.165, 1.54) is 0 Å². The van der Waals surface area contributed by atoms with E-state index in [1.54, 1.807) is 10.9 Å². The van der Waals surface area contributed by atoms with Gasteiger partial charge in [0, 0.05) is 68.1 Å². The maximum absolute atomic E-state index is 12.7. The molecule has 2 saturated heterocycles. The molecule has 1 aromatic carbocycles. The summed E-state index contributed by atoms with van der Waals surface area (Å²) < 4.78 is 7.23. The number of nitrogens with one attached hydrogen (secondary N) is 1. The van der Waals surface area contributed by atoms with Crippen LogP contribution in [0.15, 0.2) is 55.0 Å². The summed E-state index contributed by atoms with van der Waals surface area (Å²) in [5.41, 5.74) is 2.67. The molecule has 160 valence electrons. The van der Waals surface area contributed by atoms with Gasteiger partial charge in [-0.1, -0.05) is 0 Å². The van der Waals surface area contributed by atoms with Crippen molar-refractivity contribution in [2.45, 2.75) is 31.2 Å². The summed E-state index contributed by atoms with van der Waals surface area (Å²) in [6.07, 6.45) is 8.35. The maximum Gasteiger partial charge on any atom is 0.251 e. The van der Waals surface area contributed by atoms with Gasteiger partial charge in [0.25, 0.3) is 5.91 Å². The number of anilines is 1. The number of carbonyl (C=O) groups is 1. The van der Waals surface area contributed by atoms with Crippen LogP contribution < -0.4 is 10.2 Å². The fraction of sp³-hybridized carbons (Fsp3) is 0.391. The molecule has 2 aliphatic rings. The van der Waals surface area contributed by atoms with Gasteiger partial charge in [0.15, 0.2) is 0 Å². The van der Waals surface area contributed by atoms with Crippen molar-refractivity contribution in [1.29, 1.82) is 0 Å². The first-order valence-corrected chi connectivity index (χ1v) is 10.8. The fourth-order valence-electron chi connectivity index (χ4n) is 4.25. The average Bonchev–Trinajstić information content (AvgIpc) is 3.53. The van der Waals surface area contributed by atoms with E-state index in [9.17, 15) is 4.79 Å². The zero-order valence-electron chi connectivity index (χ0n) is 17.4. The predicted molar refractivity (Wildman–Crippen MR) is 116 cm³/mol. The topological polar surface area (TPSA) is 85.2 Å². The van der Waals surface area contributed by atoms with E-state index < -0.39 is 0 Å². The third-order valence-corrected chi connectivity index (χ3v) is 6.01. The van der Waals surface area contributed by atoms with Crippen molar-refractivity contribution < 1.29 is 9.53 Å². The van der Waals surface area contributed by atoms with Gasteiger partial charge in [-0.15, -0.1) is 0 Å².